The molecule has 1 N–H and O–H groups in total. The number of aryl methyl sites for hydroxylation is 1. The number of rotatable bonds is 5. The van der Waals surface area contributed by atoms with Crippen LogP contribution >= 0.6 is 0 Å². The van der Waals surface area contributed by atoms with Crippen molar-refractivity contribution in [3.05, 3.63) is 95.7 Å². The second-order valence-corrected chi connectivity index (χ2v) is 7.18. The van der Waals surface area contributed by atoms with Crippen LogP contribution in [-0.2, 0) is 11.3 Å². The second kappa shape index (κ2) is 7.86. The Morgan fingerprint density at radius 3 is 2.19 bits per heavy atom. The van der Waals surface area contributed by atoms with E-state index in [2.05, 4.69) is 15.3 Å². The lowest BCUT2D eigenvalue weighted by Crippen LogP contribution is -2.57. The third-order valence-corrected chi connectivity index (χ3v) is 4.91. The molecule has 2 heterocycles. The van der Waals surface area contributed by atoms with Crippen LogP contribution in [0.3, 0.4) is 0 Å². The summed E-state index contributed by atoms with van der Waals surface area (Å²) in [4.78, 5) is 22.5. The number of pyridine rings is 1. The lowest BCUT2D eigenvalue weighted by atomic mass is 10.1. The van der Waals surface area contributed by atoms with E-state index in [0.29, 0.717) is 16.8 Å². The van der Waals surface area contributed by atoms with E-state index >= 15 is 0 Å². The number of anilines is 1. The lowest BCUT2D eigenvalue weighted by Gasteiger charge is -2.29. The van der Waals surface area contributed by atoms with E-state index in [1.807, 2.05) is 0 Å². The maximum atomic E-state index is 14.4. The van der Waals surface area contributed by atoms with Crippen molar-refractivity contribution >= 4 is 17.6 Å². The number of carbonyl (C=O) groups is 1. The molecule has 1 aliphatic rings. The minimum Gasteiger partial charge on any atom is -0.331 e. The summed E-state index contributed by atoms with van der Waals surface area (Å²) < 4.78 is 43.2. The Balaban J connectivity index is 1.84. The summed E-state index contributed by atoms with van der Waals surface area (Å²) in [5.74, 6) is -1.33. The predicted octanol–water partition coefficient (Wildman–Crippen LogP) is 4.55. The van der Waals surface area contributed by atoms with Gasteiger partial charge in [-0.3, -0.25) is 9.69 Å². The number of aliphatic imine (C=N–C) groups is 1. The van der Waals surface area contributed by atoms with E-state index in [1.165, 1.54) is 6.07 Å². The molecule has 0 spiro atoms. The lowest BCUT2D eigenvalue weighted by molar-refractivity contribution is -0.185. The maximum absolute atomic E-state index is 14.4. The number of halogens is 3. The summed E-state index contributed by atoms with van der Waals surface area (Å²) in [5, 5.41) is 2.29. The fraction of sp³-hybridized carbons (Fsp3) is 0.174. The first-order chi connectivity index (χ1) is 14.8. The van der Waals surface area contributed by atoms with Gasteiger partial charge >= 0.3 is 11.8 Å². The number of hydrogen-bond acceptors (Lipinski definition) is 4. The number of hydrogen-bond donors (Lipinski definition) is 1. The molecule has 0 saturated carbocycles. The van der Waals surface area contributed by atoms with Crippen molar-refractivity contribution in [1.29, 1.82) is 0 Å². The molecule has 2 aromatic carbocycles. The average Bonchev–Trinajstić information content (AvgIpc) is 3.02. The van der Waals surface area contributed by atoms with Gasteiger partial charge in [-0.05, 0) is 24.6 Å². The molecule has 0 aliphatic carbocycles. The Labute approximate surface area is 177 Å². The van der Waals surface area contributed by atoms with Gasteiger partial charge in [-0.2, -0.15) is 13.2 Å². The smallest absolute Gasteiger partial charge is 0.331 e. The summed E-state index contributed by atoms with van der Waals surface area (Å²) in [7, 11) is 0. The van der Waals surface area contributed by atoms with Crippen LogP contribution in [0.4, 0.5) is 19.0 Å². The highest BCUT2D eigenvalue weighted by atomic mass is 19.4. The molecule has 1 atom stereocenters. The number of carbonyl (C=O) groups excluding carboxylic acids is 1. The molecule has 31 heavy (non-hydrogen) atoms. The minimum absolute atomic E-state index is 0.0475. The van der Waals surface area contributed by atoms with E-state index in [4.69, 9.17) is 0 Å². The normalized spacial score (nSPS) is 18.8. The quantitative estimate of drug-likeness (QED) is 0.654. The van der Waals surface area contributed by atoms with Gasteiger partial charge in [0.05, 0.1) is 6.54 Å². The van der Waals surface area contributed by atoms with Crippen LogP contribution in [0.2, 0.25) is 0 Å². The van der Waals surface area contributed by atoms with Crippen LogP contribution in [-0.4, -0.2) is 33.5 Å². The van der Waals surface area contributed by atoms with Crippen LogP contribution in [0.5, 0.6) is 0 Å². The summed E-state index contributed by atoms with van der Waals surface area (Å²) in [5.41, 5.74) is -1.56. The summed E-state index contributed by atoms with van der Waals surface area (Å²) in [6.07, 6.45) is -5.00. The average molecular weight is 424 g/mol. The Kier molecular flexibility index (Phi) is 5.22. The third kappa shape index (κ3) is 3.88. The highest BCUT2D eigenvalue weighted by Crippen LogP contribution is 2.41. The van der Waals surface area contributed by atoms with Gasteiger partial charge in [0.25, 0.3) is 5.91 Å². The summed E-state index contributed by atoms with van der Waals surface area (Å²) >= 11 is 0. The topological polar surface area (TPSA) is 57.6 Å². The molecule has 1 aromatic heterocycles. The van der Waals surface area contributed by atoms with Crippen LogP contribution in [0.25, 0.3) is 0 Å². The van der Waals surface area contributed by atoms with Gasteiger partial charge in [-0.1, -0.05) is 66.7 Å². The first-order valence-corrected chi connectivity index (χ1v) is 9.60. The molecule has 0 bridgehead atoms. The monoisotopic (exact) mass is 424 g/mol. The second-order valence-electron chi connectivity index (χ2n) is 7.18. The molecule has 1 amide bonds. The van der Waals surface area contributed by atoms with Gasteiger partial charge in [0, 0.05) is 11.3 Å². The SMILES string of the molecule is Cc1cccc(NC2(C(F)(F)F)N=C(c3ccccc3)N(Cc3ccccc3)C2=O)n1. The Bertz CT molecular complexity index is 1120. The molecule has 1 aliphatic heterocycles. The van der Waals surface area contributed by atoms with Gasteiger partial charge in [-0.15, -0.1) is 0 Å². The molecule has 1 unspecified atom stereocenters. The fourth-order valence-electron chi connectivity index (χ4n) is 3.41. The van der Waals surface area contributed by atoms with E-state index in [1.54, 1.807) is 79.7 Å². The molecule has 4 rings (SSSR count). The number of nitrogens with one attached hydrogen (secondary N) is 1. The van der Waals surface area contributed by atoms with Gasteiger partial charge in [0.2, 0.25) is 0 Å². The van der Waals surface area contributed by atoms with Gasteiger partial charge in [-0.25, -0.2) is 9.98 Å². The van der Waals surface area contributed by atoms with Crippen LogP contribution < -0.4 is 5.32 Å². The molecule has 0 fully saturated rings. The number of aromatic nitrogens is 1. The molecule has 158 valence electrons. The highest BCUT2D eigenvalue weighted by Gasteiger charge is 2.66. The van der Waals surface area contributed by atoms with Crippen molar-refractivity contribution in [2.75, 3.05) is 5.32 Å². The standard InChI is InChI=1S/C23H19F3N4O/c1-16-9-8-14-19(27-16)28-22(23(24,25)26)21(31)30(15-17-10-4-2-5-11-17)20(29-22)18-12-6-3-7-13-18/h2-14H,15H2,1H3,(H,27,28). The summed E-state index contributed by atoms with van der Waals surface area (Å²) in [6, 6.07) is 21.8. The molecule has 8 heteroatoms. The highest BCUT2D eigenvalue weighted by molar-refractivity contribution is 6.16. The molecular formula is C23H19F3N4O. The number of benzene rings is 2. The van der Waals surface area contributed by atoms with Crippen molar-refractivity contribution in [1.82, 2.24) is 9.88 Å². The first-order valence-electron chi connectivity index (χ1n) is 9.60. The minimum atomic E-state index is -5.00. The van der Waals surface area contributed by atoms with Crippen molar-refractivity contribution in [2.45, 2.75) is 25.3 Å². The Hall–Kier alpha value is -3.68. The maximum Gasteiger partial charge on any atom is 0.442 e. The molecule has 0 saturated heterocycles. The van der Waals surface area contributed by atoms with Gasteiger partial charge in [0.1, 0.15) is 11.7 Å². The number of amides is 1. The van der Waals surface area contributed by atoms with Crippen molar-refractivity contribution < 1.29 is 18.0 Å². The zero-order valence-electron chi connectivity index (χ0n) is 16.6. The molecule has 0 radical (unpaired) electrons. The van der Waals surface area contributed by atoms with Crippen molar-refractivity contribution in [3.63, 3.8) is 0 Å². The van der Waals surface area contributed by atoms with Crippen molar-refractivity contribution in [3.8, 4) is 0 Å². The Morgan fingerprint density at radius 2 is 1.58 bits per heavy atom. The first kappa shape index (κ1) is 20.6. The molecular weight excluding hydrogens is 405 g/mol. The van der Waals surface area contributed by atoms with E-state index in [9.17, 15) is 18.0 Å². The molecule has 3 aromatic rings. The van der Waals surface area contributed by atoms with Gasteiger partial charge < -0.3 is 5.32 Å². The van der Waals surface area contributed by atoms with E-state index in [-0.39, 0.29) is 18.2 Å². The predicted molar refractivity (Wildman–Crippen MR) is 111 cm³/mol. The number of amidine groups is 1. The Morgan fingerprint density at radius 1 is 0.935 bits per heavy atom. The fourth-order valence-corrected chi connectivity index (χ4v) is 3.41. The zero-order valence-corrected chi connectivity index (χ0v) is 16.6. The largest absolute Gasteiger partial charge is 0.442 e. The van der Waals surface area contributed by atoms with Crippen LogP contribution in [0.1, 0.15) is 16.8 Å². The number of nitrogens with zero attached hydrogens (tertiary/aromatic N) is 3. The third-order valence-electron chi connectivity index (χ3n) is 4.91. The number of alkyl halides is 3. The van der Waals surface area contributed by atoms with E-state index < -0.39 is 17.7 Å². The van der Waals surface area contributed by atoms with E-state index in [0.717, 1.165) is 4.90 Å². The van der Waals surface area contributed by atoms with Gasteiger partial charge in [0.15, 0.2) is 0 Å². The zero-order chi connectivity index (χ0) is 22.1. The summed E-state index contributed by atoms with van der Waals surface area (Å²) in [6.45, 7) is 1.61. The van der Waals surface area contributed by atoms with Crippen molar-refractivity contribution in [2.24, 2.45) is 4.99 Å². The van der Waals surface area contributed by atoms with Crippen LogP contribution in [0.15, 0.2) is 83.9 Å². The molecule has 5 nitrogen and oxygen atoms in total. The van der Waals surface area contributed by atoms with Crippen LogP contribution in [0, 0.1) is 6.92 Å².